The number of amides is 2. The third kappa shape index (κ3) is 1.50. The van der Waals surface area contributed by atoms with Crippen LogP contribution in [-0.4, -0.2) is 21.6 Å². The first-order chi connectivity index (χ1) is 9.15. The molecule has 0 aliphatic carbocycles. The molecule has 6 nitrogen and oxygen atoms in total. The molecule has 2 aromatic rings. The molecule has 2 heterocycles. The average molecular weight is 256 g/mol. The number of imide groups is 1. The van der Waals surface area contributed by atoms with E-state index in [1.165, 1.54) is 4.68 Å². The average Bonchev–Trinajstić information content (AvgIpc) is 2.90. The molecule has 1 aromatic heterocycles. The predicted octanol–water partition coefficient (Wildman–Crippen LogP) is 0.679. The van der Waals surface area contributed by atoms with E-state index in [4.69, 9.17) is 5.73 Å². The van der Waals surface area contributed by atoms with Crippen molar-refractivity contribution in [3.63, 3.8) is 0 Å². The number of fused-ring (bicyclic) bond motifs is 1. The van der Waals surface area contributed by atoms with E-state index in [0.29, 0.717) is 22.5 Å². The summed E-state index contributed by atoms with van der Waals surface area (Å²) in [5.74, 6) is -0.230. The summed E-state index contributed by atoms with van der Waals surface area (Å²) in [4.78, 5) is 25.8. The number of carbonyl (C=O) groups excluding carboxylic acids is 2. The molecule has 1 aromatic carbocycles. The molecule has 0 bridgehead atoms. The maximum absolute atomic E-state index is 12.3. The number of hydrogen-bond donors (Lipinski definition) is 1. The van der Waals surface area contributed by atoms with Crippen LogP contribution in [0.3, 0.4) is 0 Å². The Bertz CT molecular complexity index is 655. The van der Waals surface area contributed by atoms with Gasteiger partial charge in [0.2, 0.25) is 0 Å². The third-order valence-electron chi connectivity index (χ3n) is 3.21. The molecule has 0 spiro atoms. The number of nitrogens with zero attached hydrogens (tertiary/aromatic N) is 3. The first-order valence-electron chi connectivity index (χ1n) is 5.84. The maximum Gasteiger partial charge on any atom is 0.267 e. The topological polar surface area (TPSA) is 81.2 Å². The summed E-state index contributed by atoms with van der Waals surface area (Å²) < 4.78 is 1.49. The van der Waals surface area contributed by atoms with Gasteiger partial charge >= 0.3 is 0 Å². The number of anilines is 1. The highest BCUT2D eigenvalue weighted by atomic mass is 16.2. The van der Waals surface area contributed by atoms with E-state index in [1.54, 1.807) is 37.5 Å². The zero-order chi connectivity index (χ0) is 13.6. The first-order valence-corrected chi connectivity index (χ1v) is 5.84. The zero-order valence-electron chi connectivity index (χ0n) is 10.3. The number of rotatable bonds is 2. The minimum Gasteiger partial charge on any atom is -0.326 e. The Hall–Kier alpha value is -2.47. The fourth-order valence-electron chi connectivity index (χ4n) is 2.29. The largest absolute Gasteiger partial charge is 0.326 e. The molecule has 0 unspecified atom stereocenters. The molecular weight excluding hydrogens is 244 g/mol. The van der Waals surface area contributed by atoms with Gasteiger partial charge in [-0.05, 0) is 12.1 Å². The zero-order valence-corrected chi connectivity index (χ0v) is 10.3. The number of nitrogens with two attached hydrogens (primary N) is 1. The van der Waals surface area contributed by atoms with Crippen molar-refractivity contribution in [1.82, 2.24) is 9.78 Å². The lowest BCUT2D eigenvalue weighted by atomic mass is 10.1. The van der Waals surface area contributed by atoms with Crippen molar-refractivity contribution >= 4 is 17.6 Å². The second kappa shape index (κ2) is 4.03. The van der Waals surface area contributed by atoms with Crippen molar-refractivity contribution in [2.24, 2.45) is 12.8 Å². The van der Waals surface area contributed by atoms with Crippen LogP contribution in [-0.2, 0) is 13.6 Å². The summed E-state index contributed by atoms with van der Waals surface area (Å²) in [6.07, 6.45) is 1.57. The number of benzene rings is 1. The molecule has 0 atom stereocenters. The summed E-state index contributed by atoms with van der Waals surface area (Å²) in [5, 5.41) is 4.05. The van der Waals surface area contributed by atoms with Gasteiger partial charge in [0.1, 0.15) is 5.82 Å². The van der Waals surface area contributed by atoms with Crippen molar-refractivity contribution in [2.75, 3.05) is 4.90 Å². The van der Waals surface area contributed by atoms with Crippen molar-refractivity contribution in [2.45, 2.75) is 6.54 Å². The summed E-state index contributed by atoms with van der Waals surface area (Å²) >= 11 is 0. The van der Waals surface area contributed by atoms with Gasteiger partial charge in [0.05, 0.1) is 17.3 Å². The Morgan fingerprint density at radius 3 is 2.26 bits per heavy atom. The van der Waals surface area contributed by atoms with Crippen LogP contribution in [0.2, 0.25) is 0 Å². The molecule has 1 aliphatic heterocycles. The minimum atomic E-state index is -0.334. The molecule has 0 saturated carbocycles. The van der Waals surface area contributed by atoms with Crippen molar-refractivity contribution in [3.05, 3.63) is 47.2 Å². The van der Waals surface area contributed by atoms with Crippen LogP contribution >= 0.6 is 0 Å². The highest BCUT2D eigenvalue weighted by Gasteiger charge is 2.38. The van der Waals surface area contributed by atoms with Gasteiger partial charge in [-0.25, -0.2) is 4.90 Å². The van der Waals surface area contributed by atoms with Gasteiger partial charge in [0.25, 0.3) is 11.8 Å². The first kappa shape index (κ1) is 11.6. The van der Waals surface area contributed by atoms with Gasteiger partial charge in [-0.15, -0.1) is 0 Å². The van der Waals surface area contributed by atoms with Crippen LogP contribution in [0.25, 0.3) is 0 Å². The van der Waals surface area contributed by atoms with Gasteiger partial charge in [0, 0.05) is 19.2 Å². The molecule has 96 valence electrons. The van der Waals surface area contributed by atoms with E-state index in [-0.39, 0.29) is 18.4 Å². The lowest BCUT2D eigenvalue weighted by molar-refractivity contribution is 0.0923. The Morgan fingerprint density at radius 2 is 1.74 bits per heavy atom. The fourth-order valence-corrected chi connectivity index (χ4v) is 2.29. The molecule has 19 heavy (non-hydrogen) atoms. The number of hydrogen-bond acceptors (Lipinski definition) is 4. The van der Waals surface area contributed by atoms with E-state index in [9.17, 15) is 9.59 Å². The Kier molecular flexibility index (Phi) is 2.46. The number of carbonyl (C=O) groups is 2. The maximum atomic E-state index is 12.3. The molecule has 0 fully saturated rings. The molecule has 2 N–H and O–H groups in total. The smallest absolute Gasteiger partial charge is 0.267 e. The van der Waals surface area contributed by atoms with Crippen LogP contribution in [0, 0.1) is 0 Å². The third-order valence-corrected chi connectivity index (χ3v) is 3.21. The standard InChI is InChI=1S/C13H12N4O2/c1-16-11(8(6-14)7-15-16)17-12(18)9-4-2-3-5-10(9)13(17)19/h2-5,7H,6,14H2,1H3. The summed E-state index contributed by atoms with van der Waals surface area (Å²) in [6, 6.07) is 6.77. The highest BCUT2D eigenvalue weighted by Crippen LogP contribution is 2.29. The number of aryl methyl sites for hydroxylation is 1. The summed E-state index contributed by atoms with van der Waals surface area (Å²) in [5.41, 5.74) is 7.12. The summed E-state index contributed by atoms with van der Waals surface area (Å²) in [7, 11) is 1.68. The van der Waals surface area contributed by atoms with Gasteiger partial charge < -0.3 is 5.73 Å². The highest BCUT2D eigenvalue weighted by molar-refractivity contribution is 6.34. The van der Waals surface area contributed by atoms with E-state index >= 15 is 0 Å². The molecule has 0 radical (unpaired) electrons. The van der Waals surface area contributed by atoms with E-state index in [1.807, 2.05) is 0 Å². The van der Waals surface area contributed by atoms with Crippen molar-refractivity contribution < 1.29 is 9.59 Å². The predicted molar refractivity (Wildman–Crippen MR) is 68.7 cm³/mol. The number of aromatic nitrogens is 2. The van der Waals surface area contributed by atoms with E-state index < -0.39 is 0 Å². The SMILES string of the molecule is Cn1ncc(CN)c1N1C(=O)c2ccccc2C1=O. The fraction of sp³-hybridized carbons (Fsp3) is 0.154. The van der Waals surface area contributed by atoms with Crippen molar-refractivity contribution in [1.29, 1.82) is 0 Å². The molecule has 0 saturated heterocycles. The Balaban J connectivity index is 2.17. The Morgan fingerprint density at radius 1 is 1.16 bits per heavy atom. The van der Waals surface area contributed by atoms with Gasteiger partial charge in [-0.1, -0.05) is 12.1 Å². The van der Waals surface area contributed by atoms with Crippen LogP contribution in [0.15, 0.2) is 30.5 Å². The Labute approximate surface area is 109 Å². The van der Waals surface area contributed by atoms with E-state index in [0.717, 1.165) is 4.90 Å². The van der Waals surface area contributed by atoms with Gasteiger partial charge in [-0.3, -0.25) is 14.3 Å². The second-order valence-electron chi connectivity index (χ2n) is 4.31. The summed E-state index contributed by atoms with van der Waals surface area (Å²) in [6.45, 7) is 0.219. The van der Waals surface area contributed by atoms with E-state index in [2.05, 4.69) is 5.10 Å². The quantitative estimate of drug-likeness (QED) is 0.801. The van der Waals surface area contributed by atoms with Crippen LogP contribution in [0.1, 0.15) is 26.3 Å². The minimum absolute atomic E-state index is 0.219. The van der Waals surface area contributed by atoms with Crippen LogP contribution in [0.4, 0.5) is 5.82 Å². The van der Waals surface area contributed by atoms with Crippen molar-refractivity contribution in [3.8, 4) is 0 Å². The molecular formula is C13H12N4O2. The molecule has 6 heteroatoms. The lowest BCUT2D eigenvalue weighted by Crippen LogP contribution is -2.32. The molecule has 2 amide bonds. The van der Waals surface area contributed by atoms with Gasteiger partial charge in [-0.2, -0.15) is 5.10 Å². The normalized spacial score (nSPS) is 14.1. The molecule has 3 rings (SSSR count). The van der Waals surface area contributed by atoms with Crippen LogP contribution < -0.4 is 10.6 Å². The lowest BCUT2D eigenvalue weighted by Gasteiger charge is -2.15. The van der Waals surface area contributed by atoms with Gasteiger partial charge in [0.15, 0.2) is 0 Å². The monoisotopic (exact) mass is 256 g/mol. The molecule has 1 aliphatic rings. The van der Waals surface area contributed by atoms with Crippen LogP contribution in [0.5, 0.6) is 0 Å². The second-order valence-corrected chi connectivity index (χ2v) is 4.31.